The van der Waals surface area contributed by atoms with Crippen LogP contribution in [0.3, 0.4) is 0 Å². The molecule has 1 fully saturated rings. The molecule has 0 amide bonds. The lowest BCUT2D eigenvalue weighted by Crippen LogP contribution is -2.11. The zero-order valence-electron chi connectivity index (χ0n) is 9.91. The highest BCUT2D eigenvalue weighted by molar-refractivity contribution is 5.50. The third-order valence-electron chi connectivity index (χ3n) is 3.26. The molecule has 3 rings (SSSR count). The van der Waals surface area contributed by atoms with Gasteiger partial charge in [0, 0.05) is 5.69 Å². The van der Waals surface area contributed by atoms with Crippen molar-refractivity contribution in [2.75, 3.05) is 5.32 Å². The van der Waals surface area contributed by atoms with E-state index in [9.17, 15) is 5.11 Å². The number of nitrogens with one attached hydrogen (secondary N) is 1. The molecule has 0 bridgehead atoms. The molecule has 1 saturated carbocycles. The van der Waals surface area contributed by atoms with Gasteiger partial charge in [-0.3, -0.25) is 0 Å². The van der Waals surface area contributed by atoms with E-state index >= 15 is 0 Å². The summed E-state index contributed by atoms with van der Waals surface area (Å²) in [5.74, 6) is 0.516. The summed E-state index contributed by atoms with van der Waals surface area (Å²) in [6.45, 7) is 0. The summed E-state index contributed by atoms with van der Waals surface area (Å²) in [5.41, 5.74) is 0.902. The average Bonchev–Trinajstić information content (AvgIpc) is 2.99. The van der Waals surface area contributed by atoms with Gasteiger partial charge in [-0.1, -0.05) is 23.3 Å². The molecule has 1 heterocycles. The van der Waals surface area contributed by atoms with Gasteiger partial charge in [-0.05, 0) is 31.4 Å². The minimum absolute atomic E-state index is 0.0103. The zero-order chi connectivity index (χ0) is 12.4. The van der Waals surface area contributed by atoms with Gasteiger partial charge in [-0.15, -0.1) is 5.10 Å². The van der Waals surface area contributed by atoms with Crippen molar-refractivity contribution in [1.29, 1.82) is 0 Å². The normalized spacial score (nSPS) is 23.2. The fourth-order valence-electron chi connectivity index (χ4n) is 2.31. The first kappa shape index (κ1) is 11.2. The Labute approximate surface area is 105 Å². The summed E-state index contributed by atoms with van der Waals surface area (Å²) < 4.78 is 5.55. The Balaban J connectivity index is 1.74. The molecule has 1 aromatic carbocycles. The highest BCUT2D eigenvalue weighted by Gasteiger charge is 2.31. The lowest BCUT2D eigenvalue weighted by Gasteiger charge is -2.08. The molecule has 1 aromatic heterocycles. The topological polar surface area (TPSA) is 71.2 Å². The molecule has 2 N–H and O–H groups in total. The second-order valence-electron chi connectivity index (χ2n) is 4.54. The molecule has 18 heavy (non-hydrogen) atoms. The van der Waals surface area contributed by atoms with Gasteiger partial charge >= 0.3 is 6.01 Å². The molecule has 94 valence electrons. The third-order valence-corrected chi connectivity index (χ3v) is 3.26. The number of hydrogen-bond acceptors (Lipinski definition) is 5. The Hall–Kier alpha value is -1.88. The van der Waals surface area contributed by atoms with Crippen molar-refractivity contribution >= 4 is 11.7 Å². The van der Waals surface area contributed by atoms with E-state index in [1.165, 1.54) is 0 Å². The van der Waals surface area contributed by atoms with E-state index in [1.54, 1.807) is 0 Å². The summed E-state index contributed by atoms with van der Waals surface area (Å²) in [4.78, 5) is 0. The molecule has 5 nitrogen and oxygen atoms in total. The fraction of sp³-hybridized carbons (Fsp3) is 0.385. The molecule has 0 saturated heterocycles. The van der Waals surface area contributed by atoms with E-state index in [1.807, 2.05) is 30.3 Å². The predicted octanol–water partition coefficient (Wildman–Crippen LogP) is 2.44. The maximum absolute atomic E-state index is 9.79. The van der Waals surface area contributed by atoms with Gasteiger partial charge in [0.15, 0.2) is 0 Å². The number of hydrogen-bond donors (Lipinski definition) is 2. The highest BCUT2D eigenvalue weighted by atomic mass is 16.4. The van der Waals surface area contributed by atoms with Gasteiger partial charge in [0.05, 0.1) is 12.0 Å². The summed E-state index contributed by atoms with van der Waals surface area (Å²) in [7, 11) is 0. The van der Waals surface area contributed by atoms with Crippen molar-refractivity contribution in [3.63, 3.8) is 0 Å². The highest BCUT2D eigenvalue weighted by Crippen LogP contribution is 2.34. The first-order valence-electron chi connectivity index (χ1n) is 6.16. The number of rotatable bonds is 3. The largest absolute Gasteiger partial charge is 0.407 e. The maximum atomic E-state index is 9.79. The quantitative estimate of drug-likeness (QED) is 0.869. The first-order chi connectivity index (χ1) is 8.83. The van der Waals surface area contributed by atoms with Crippen molar-refractivity contribution in [3.8, 4) is 0 Å². The molecule has 0 aliphatic heterocycles. The van der Waals surface area contributed by atoms with Crippen LogP contribution in [0.15, 0.2) is 34.7 Å². The van der Waals surface area contributed by atoms with Gasteiger partial charge in [-0.2, -0.15) is 0 Å². The van der Waals surface area contributed by atoms with Crippen LogP contribution in [0, 0.1) is 0 Å². The van der Waals surface area contributed by atoms with Gasteiger partial charge in [0.1, 0.15) is 0 Å². The maximum Gasteiger partial charge on any atom is 0.320 e. The van der Waals surface area contributed by atoms with Crippen molar-refractivity contribution < 1.29 is 9.52 Å². The van der Waals surface area contributed by atoms with E-state index in [0.29, 0.717) is 11.9 Å². The van der Waals surface area contributed by atoms with Crippen LogP contribution in [0.4, 0.5) is 11.7 Å². The Morgan fingerprint density at radius 3 is 2.72 bits per heavy atom. The molecular formula is C13H15N3O2. The minimum atomic E-state index is -0.352. The lowest BCUT2D eigenvalue weighted by molar-refractivity contribution is 0.152. The second kappa shape index (κ2) is 4.78. The third kappa shape index (κ3) is 2.22. The van der Waals surface area contributed by atoms with E-state index in [0.717, 1.165) is 24.9 Å². The second-order valence-corrected chi connectivity index (χ2v) is 4.54. The zero-order valence-corrected chi connectivity index (χ0v) is 9.91. The Kier molecular flexibility index (Phi) is 2.98. The number of aromatic nitrogens is 2. The lowest BCUT2D eigenvalue weighted by atomic mass is 10.1. The van der Waals surface area contributed by atoms with E-state index in [4.69, 9.17) is 4.42 Å². The van der Waals surface area contributed by atoms with E-state index in [2.05, 4.69) is 15.5 Å². The number of anilines is 2. The van der Waals surface area contributed by atoms with Crippen molar-refractivity contribution in [1.82, 2.24) is 10.2 Å². The Morgan fingerprint density at radius 1 is 1.17 bits per heavy atom. The molecule has 1 aliphatic rings. The summed E-state index contributed by atoms with van der Waals surface area (Å²) in [6.07, 6.45) is 2.38. The molecule has 2 unspecified atom stereocenters. The standard InChI is InChI=1S/C13H15N3O2/c17-11-8-4-7-10(11)12-15-16-13(18-12)14-9-5-2-1-3-6-9/h1-3,5-6,10-11,17H,4,7-8H2,(H,14,16). The number of para-hydroxylation sites is 1. The first-order valence-corrected chi connectivity index (χ1v) is 6.16. The predicted molar refractivity (Wildman–Crippen MR) is 66.6 cm³/mol. The number of benzene rings is 1. The molecule has 2 aromatic rings. The van der Waals surface area contributed by atoms with Crippen molar-refractivity contribution in [2.24, 2.45) is 0 Å². The van der Waals surface area contributed by atoms with E-state index < -0.39 is 0 Å². The van der Waals surface area contributed by atoms with Gasteiger partial charge < -0.3 is 14.8 Å². The SMILES string of the molecule is OC1CCCC1c1nnc(Nc2ccccc2)o1. The Bertz CT molecular complexity index is 512. The van der Waals surface area contributed by atoms with Crippen LogP contribution in [0.25, 0.3) is 0 Å². The number of nitrogens with zero attached hydrogens (tertiary/aromatic N) is 2. The monoisotopic (exact) mass is 245 g/mol. The molecular weight excluding hydrogens is 230 g/mol. The minimum Gasteiger partial charge on any atom is -0.407 e. The molecule has 1 aliphatic carbocycles. The molecule has 2 atom stereocenters. The van der Waals surface area contributed by atoms with Crippen LogP contribution in [-0.4, -0.2) is 21.4 Å². The molecule has 0 spiro atoms. The van der Waals surface area contributed by atoms with E-state index in [-0.39, 0.29) is 12.0 Å². The van der Waals surface area contributed by atoms with Crippen molar-refractivity contribution in [3.05, 3.63) is 36.2 Å². The number of aliphatic hydroxyl groups is 1. The van der Waals surface area contributed by atoms with Crippen LogP contribution >= 0.6 is 0 Å². The van der Waals surface area contributed by atoms with Crippen LogP contribution in [0.1, 0.15) is 31.1 Å². The van der Waals surface area contributed by atoms with Gasteiger partial charge in [0.25, 0.3) is 0 Å². The van der Waals surface area contributed by atoms with Crippen LogP contribution < -0.4 is 5.32 Å². The smallest absolute Gasteiger partial charge is 0.320 e. The Morgan fingerprint density at radius 2 is 2.00 bits per heavy atom. The molecule has 5 heteroatoms. The van der Waals surface area contributed by atoms with Gasteiger partial charge in [-0.25, -0.2) is 0 Å². The average molecular weight is 245 g/mol. The summed E-state index contributed by atoms with van der Waals surface area (Å²) >= 11 is 0. The fourth-order valence-corrected chi connectivity index (χ4v) is 2.31. The number of aliphatic hydroxyl groups excluding tert-OH is 1. The van der Waals surface area contributed by atoms with Gasteiger partial charge in [0.2, 0.25) is 5.89 Å². The molecule has 0 radical (unpaired) electrons. The van der Waals surface area contributed by atoms with Crippen LogP contribution in [-0.2, 0) is 0 Å². The van der Waals surface area contributed by atoms with Crippen LogP contribution in [0.2, 0.25) is 0 Å². The summed E-state index contributed by atoms with van der Waals surface area (Å²) in [5, 5.41) is 20.8. The summed E-state index contributed by atoms with van der Waals surface area (Å²) in [6, 6.07) is 10.0. The van der Waals surface area contributed by atoms with Crippen LogP contribution in [0.5, 0.6) is 0 Å². The van der Waals surface area contributed by atoms with Crippen molar-refractivity contribution in [2.45, 2.75) is 31.3 Å².